The summed E-state index contributed by atoms with van der Waals surface area (Å²) in [4.78, 5) is 128. The molecule has 3 fully saturated rings. The van der Waals surface area contributed by atoms with Gasteiger partial charge in [-0.3, -0.25) is 28.8 Å². The number of nitrogens with zero attached hydrogens (tertiary/aromatic N) is 9. The molecule has 23 heteroatoms. The lowest BCUT2D eigenvalue weighted by Gasteiger charge is -2.37. The number of fused-ring (bicyclic) bond motifs is 3. The van der Waals surface area contributed by atoms with Crippen molar-refractivity contribution >= 4 is 85.4 Å². The van der Waals surface area contributed by atoms with Crippen LogP contribution in [-0.2, 0) is 34.9 Å². The van der Waals surface area contributed by atoms with Crippen LogP contribution in [0.15, 0.2) is 193 Å². The van der Waals surface area contributed by atoms with Crippen molar-refractivity contribution in [1.82, 2.24) is 28.4 Å². The summed E-state index contributed by atoms with van der Waals surface area (Å²) < 4.78 is 30.8. The van der Waals surface area contributed by atoms with Crippen molar-refractivity contribution < 1.29 is 51.8 Å². The van der Waals surface area contributed by atoms with E-state index in [2.05, 4.69) is 0 Å². The Labute approximate surface area is 558 Å². The number of ether oxygens (including phenoxy) is 3. The van der Waals surface area contributed by atoms with Crippen LogP contribution in [0.5, 0.6) is 0 Å². The van der Waals surface area contributed by atoms with E-state index in [1.165, 1.54) is 21.7 Å². The maximum atomic E-state index is 13.9. The molecule has 3 saturated heterocycles. The Morgan fingerprint density at radius 3 is 1.07 bits per heavy atom. The van der Waals surface area contributed by atoms with Crippen LogP contribution >= 0.6 is 0 Å². The number of anilines is 3. The third-order valence-electron chi connectivity index (χ3n) is 17.5. The molecule has 0 atom stereocenters. The van der Waals surface area contributed by atoms with Gasteiger partial charge in [-0.2, -0.15) is 0 Å². The van der Waals surface area contributed by atoms with Crippen LogP contribution in [0.25, 0.3) is 32.7 Å². The molecule has 0 N–H and O–H groups in total. The number of esters is 3. The number of amides is 3. The molecule has 13 rings (SSSR count). The van der Waals surface area contributed by atoms with Crippen LogP contribution in [0, 0.1) is 0 Å². The van der Waals surface area contributed by atoms with Crippen LogP contribution in [0.2, 0.25) is 0 Å². The number of para-hydroxylation sites is 3. The Kier molecular flexibility index (Phi) is 20.9. The molecule has 8 heterocycles. The molecule has 0 radical (unpaired) electrons. The molecule has 23 nitrogen and oxygen atoms in total. The molecule has 0 saturated carbocycles. The van der Waals surface area contributed by atoms with E-state index in [0.717, 1.165) is 38.3 Å². The van der Waals surface area contributed by atoms with E-state index in [4.69, 9.17) is 23.0 Å². The zero-order valence-electron chi connectivity index (χ0n) is 54.7. The highest BCUT2D eigenvalue weighted by atomic mass is 16.5. The predicted molar refractivity (Wildman–Crippen MR) is 368 cm³/mol. The summed E-state index contributed by atoms with van der Waals surface area (Å²) in [5.41, 5.74) is 4.49. The lowest BCUT2D eigenvalue weighted by molar-refractivity contribution is 0.0514. The number of aryl methyl sites for hydroxylation is 2. The lowest BCUT2D eigenvalue weighted by atomic mass is 10.0. The quantitative estimate of drug-likeness (QED) is 0.0730. The van der Waals surface area contributed by atoms with Crippen LogP contribution in [0.1, 0.15) is 88.9 Å². The molecule has 3 aliphatic heterocycles. The van der Waals surface area contributed by atoms with Gasteiger partial charge in [0, 0.05) is 114 Å². The SMILES string of the molecule is CCOC(=O)c1c(N2CCN(C(=O)c3ccccc3)CC2)c2ccccc2n(C)c1=O.CCOC(=O)c1c(N2CCN(C(=O)c3ccco3)CC2)c2ccccc2n(C)c1=O.CCOC(=O)c1c(N2CCN(C(=O)c3ccco3)CC2)c2ccccc2n(Cc2ccccc2)c1=O. The Morgan fingerprint density at radius 2 is 0.701 bits per heavy atom. The average molecular weight is 1310 g/mol. The molecular formula is C74H75N9O14. The summed E-state index contributed by atoms with van der Waals surface area (Å²) >= 11 is 0. The first-order chi connectivity index (χ1) is 47.1. The maximum absolute atomic E-state index is 13.9. The number of carbonyl (C=O) groups excluding carboxylic acids is 6. The van der Waals surface area contributed by atoms with Gasteiger partial charge in [-0.05, 0) is 80.9 Å². The second-order valence-electron chi connectivity index (χ2n) is 23.1. The molecule has 0 aliphatic carbocycles. The van der Waals surface area contributed by atoms with Crippen LogP contribution in [0.3, 0.4) is 0 Å². The van der Waals surface area contributed by atoms with E-state index < -0.39 is 23.5 Å². The maximum Gasteiger partial charge on any atom is 0.345 e. The number of aromatic nitrogens is 3. The molecule has 97 heavy (non-hydrogen) atoms. The van der Waals surface area contributed by atoms with Gasteiger partial charge in [-0.25, -0.2) is 14.4 Å². The first-order valence-electron chi connectivity index (χ1n) is 32.3. The van der Waals surface area contributed by atoms with Crippen molar-refractivity contribution in [1.29, 1.82) is 0 Å². The zero-order chi connectivity index (χ0) is 68.3. The Hall–Kier alpha value is -11.5. The number of piperazine rings is 3. The summed E-state index contributed by atoms with van der Waals surface area (Å²) in [6, 6.07) is 48.1. The van der Waals surface area contributed by atoms with Crippen molar-refractivity contribution in [2.75, 3.05) is 113 Å². The summed E-state index contributed by atoms with van der Waals surface area (Å²) in [7, 11) is 3.31. The van der Waals surface area contributed by atoms with Crippen LogP contribution < -0.4 is 31.4 Å². The zero-order valence-corrected chi connectivity index (χ0v) is 54.7. The van der Waals surface area contributed by atoms with Gasteiger partial charge in [0.15, 0.2) is 11.5 Å². The van der Waals surface area contributed by atoms with E-state index in [9.17, 15) is 43.2 Å². The van der Waals surface area contributed by atoms with Crippen LogP contribution in [0.4, 0.5) is 17.1 Å². The first kappa shape index (κ1) is 66.9. The highest BCUT2D eigenvalue weighted by molar-refractivity contribution is 6.08. The molecule has 0 unspecified atom stereocenters. The fraction of sp³-hybridized carbons (Fsp3) is 0.284. The van der Waals surface area contributed by atoms with Crippen molar-refractivity contribution in [3.8, 4) is 0 Å². The molecule has 3 amide bonds. The van der Waals surface area contributed by atoms with Gasteiger partial charge in [0.25, 0.3) is 34.4 Å². The molecule has 0 spiro atoms. The Bertz CT molecular complexity index is 4700. The molecule has 3 aliphatic rings. The van der Waals surface area contributed by atoms with E-state index in [0.29, 0.717) is 119 Å². The second kappa shape index (κ2) is 30.3. The third kappa shape index (κ3) is 14.0. The second-order valence-corrected chi connectivity index (χ2v) is 23.1. The molecule has 0 bridgehead atoms. The summed E-state index contributed by atoms with van der Waals surface area (Å²) in [6.45, 7) is 11.7. The standard InChI is InChI=1S/C28H27N3O5.C24H25N3O4.C22H23N3O5/c1-2-35-28(34)24-25(29-14-16-30(17-15-29)26(32)23-13-8-18-36-23)21-11-6-7-12-22(21)31(27(24)33)19-20-9-4-3-5-10-20;1-3-31-24(30)20-21(18-11-7-8-12-19(18)25(2)23(20)29)26-13-15-27(16-14-26)22(28)17-9-5-4-6-10-17;1-3-29-22(28)18-19(15-7-4-5-8-16(15)23(2)21(18)27)24-10-12-25(13-11-24)20(26)17-9-6-14-30-17/h3-13,18H,2,14-17,19H2,1H3;4-12H,3,13-16H2,1-2H3;4-9,14H,3,10-13H2,1-2H3. The summed E-state index contributed by atoms with van der Waals surface area (Å²) in [6.07, 6.45) is 2.95. The van der Waals surface area contributed by atoms with E-state index >= 15 is 0 Å². The van der Waals surface area contributed by atoms with E-state index in [-0.39, 0.29) is 65.4 Å². The van der Waals surface area contributed by atoms with E-state index in [1.54, 1.807) is 78.4 Å². The highest BCUT2D eigenvalue weighted by Crippen LogP contribution is 2.34. The molecule has 500 valence electrons. The molecule has 5 aromatic heterocycles. The third-order valence-corrected chi connectivity index (χ3v) is 17.5. The number of carbonyl (C=O) groups is 6. The van der Waals surface area contributed by atoms with Gasteiger partial charge < -0.3 is 66.1 Å². The Morgan fingerprint density at radius 1 is 0.371 bits per heavy atom. The number of hydrogen-bond acceptors (Lipinski definition) is 17. The highest BCUT2D eigenvalue weighted by Gasteiger charge is 2.34. The van der Waals surface area contributed by atoms with Crippen molar-refractivity contribution in [3.05, 3.63) is 241 Å². The van der Waals surface area contributed by atoms with Gasteiger partial charge in [-0.1, -0.05) is 103 Å². The minimum Gasteiger partial charge on any atom is -0.462 e. The monoisotopic (exact) mass is 1310 g/mol. The van der Waals surface area contributed by atoms with Gasteiger partial charge in [0.1, 0.15) is 16.7 Å². The fourth-order valence-corrected chi connectivity index (χ4v) is 12.7. The number of rotatable bonds is 14. The molecule has 5 aromatic carbocycles. The van der Waals surface area contributed by atoms with Crippen molar-refractivity contribution in [2.24, 2.45) is 14.1 Å². The summed E-state index contributed by atoms with van der Waals surface area (Å²) in [5.74, 6) is -1.65. The smallest absolute Gasteiger partial charge is 0.345 e. The van der Waals surface area contributed by atoms with Gasteiger partial charge in [-0.15, -0.1) is 0 Å². The van der Waals surface area contributed by atoms with E-state index in [1.807, 2.05) is 148 Å². The predicted octanol–water partition coefficient (Wildman–Crippen LogP) is 8.73. The topological polar surface area (TPSA) is 242 Å². The number of benzene rings is 5. The van der Waals surface area contributed by atoms with Crippen molar-refractivity contribution in [3.63, 3.8) is 0 Å². The Balaban J connectivity index is 0.000000148. The number of pyridine rings is 3. The largest absolute Gasteiger partial charge is 0.462 e. The summed E-state index contributed by atoms with van der Waals surface area (Å²) in [5, 5.41) is 2.41. The lowest BCUT2D eigenvalue weighted by Crippen LogP contribution is -2.49. The number of hydrogen-bond donors (Lipinski definition) is 0. The normalized spacial score (nSPS) is 13.9. The fourth-order valence-electron chi connectivity index (χ4n) is 12.7. The molecular weight excluding hydrogens is 1240 g/mol. The van der Waals surface area contributed by atoms with Gasteiger partial charge in [0.2, 0.25) is 0 Å². The minimum absolute atomic E-state index is 0.0142. The number of furan rings is 2. The average Bonchev–Trinajstić information content (AvgIpc) is 1.71. The van der Waals surface area contributed by atoms with Crippen LogP contribution in [-0.4, -0.2) is 162 Å². The van der Waals surface area contributed by atoms with Crippen molar-refractivity contribution in [2.45, 2.75) is 27.3 Å². The minimum atomic E-state index is -0.640. The first-order valence-corrected chi connectivity index (χ1v) is 32.3. The molecule has 10 aromatic rings. The van der Waals surface area contributed by atoms with Gasteiger partial charge in [0.05, 0.1) is 72.5 Å². The van der Waals surface area contributed by atoms with Gasteiger partial charge >= 0.3 is 17.9 Å².